The zero-order valence-corrected chi connectivity index (χ0v) is 36.9. The fourth-order valence-electron chi connectivity index (χ4n) is 6.97. The molecule has 0 saturated heterocycles. The van der Waals surface area contributed by atoms with Crippen LogP contribution in [0.4, 0.5) is 17.5 Å². The van der Waals surface area contributed by atoms with Crippen molar-refractivity contribution in [1.82, 2.24) is 45.1 Å². The number of carbonyl (C=O) groups is 2. The maximum Gasteiger partial charge on any atom is 0.280 e. The van der Waals surface area contributed by atoms with E-state index in [1.54, 1.807) is 24.3 Å². The number of aromatic amines is 1. The fourth-order valence-corrected chi connectivity index (χ4v) is 6.97. The highest BCUT2D eigenvalue weighted by atomic mass is 16.6. The van der Waals surface area contributed by atoms with Crippen molar-refractivity contribution in [2.45, 2.75) is 66.0 Å². The number of benzene rings is 2. The Bertz CT molecular complexity index is 2530. The van der Waals surface area contributed by atoms with Crippen LogP contribution in [0, 0.1) is 5.41 Å². The number of aryl methyl sites for hydroxylation is 1. The van der Waals surface area contributed by atoms with Gasteiger partial charge in [-0.2, -0.15) is 4.98 Å². The SMILES string of the molecule is CCCCc1nc2c(N)nc3ccccc3c2n1CC(C)(C)COCCOCCOCCOCCNC(=O)CCCNC(=O)c1ccc(NCc2cnc3nc(N)[nH]c(=O)c3n2)cc1. The van der Waals surface area contributed by atoms with E-state index in [9.17, 15) is 14.4 Å². The van der Waals surface area contributed by atoms with Crippen LogP contribution in [0.3, 0.4) is 0 Å². The molecule has 4 heterocycles. The molecule has 8 N–H and O–H groups in total. The summed E-state index contributed by atoms with van der Waals surface area (Å²) >= 11 is 0. The van der Waals surface area contributed by atoms with Gasteiger partial charge in [-0.15, -0.1) is 0 Å². The monoisotopic (exact) mass is 880 g/mol. The summed E-state index contributed by atoms with van der Waals surface area (Å²) in [5.74, 6) is 1.11. The van der Waals surface area contributed by atoms with Crippen molar-refractivity contribution in [2.24, 2.45) is 5.41 Å². The smallest absolute Gasteiger partial charge is 0.280 e. The van der Waals surface area contributed by atoms with Crippen LogP contribution >= 0.6 is 0 Å². The van der Waals surface area contributed by atoms with E-state index >= 15 is 0 Å². The number of rotatable bonds is 27. The molecule has 4 aromatic heterocycles. The second-order valence-corrected chi connectivity index (χ2v) is 16.1. The lowest BCUT2D eigenvalue weighted by atomic mass is 9.94. The summed E-state index contributed by atoms with van der Waals surface area (Å²) in [7, 11) is 0. The molecule has 0 aliphatic heterocycles. The number of fused-ring (bicyclic) bond motifs is 4. The van der Waals surface area contributed by atoms with Crippen LogP contribution < -0.4 is 33.0 Å². The minimum atomic E-state index is -0.461. The number of aromatic nitrogens is 7. The fraction of sp³-hybridized carbons (Fsp3) is 0.467. The number of ether oxygens (including phenoxy) is 4. The van der Waals surface area contributed by atoms with Gasteiger partial charge in [0, 0.05) is 54.5 Å². The Hall–Kier alpha value is -6.28. The molecular weight excluding hydrogens is 821 g/mol. The second-order valence-electron chi connectivity index (χ2n) is 16.1. The molecule has 2 amide bonds. The maximum atomic E-state index is 12.6. The Morgan fingerprint density at radius 3 is 2.28 bits per heavy atom. The van der Waals surface area contributed by atoms with E-state index in [-0.39, 0.29) is 40.8 Å². The predicted molar refractivity (Wildman–Crippen MR) is 246 cm³/mol. The maximum absolute atomic E-state index is 12.6. The minimum absolute atomic E-state index is 0.0230. The summed E-state index contributed by atoms with van der Waals surface area (Å²) in [6.07, 6.45) is 5.28. The van der Waals surface area contributed by atoms with Crippen LogP contribution in [-0.2, 0) is 43.3 Å². The van der Waals surface area contributed by atoms with E-state index in [1.807, 2.05) is 18.2 Å². The van der Waals surface area contributed by atoms with E-state index < -0.39 is 5.56 Å². The van der Waals surface area contributed by atoms with Gasteiger partial charge in [0.05, 0.1) is 82.3 Å². The summed E-state index contributed by atoms with van der Waals surface area (Å²) in [5, 5.41) is 9.90. The van der Waals surface area contributed by atoms with E-state index in [4.69, 9.17) is 35.4 Å². The molecule has 342 valence electrons. The van der Waals surface area contributed by atoms with Gasteiger partial charge in [-0.05, 0) is 43.2 Å². The van der Waals surface area contributed by atoms with Gasteiger partial charge in [0.15, 0.2) is 17.0 Å². The van der Waals surface area contributed by atoms with Crippen molar-refractivity contribution in [3.63, 3.8) is 0 Å². The molecule has 0 bridgehead atoms. The van der Waals surface area contributed by atoms with Crippen LogP contribution in [0.25, 0.3) is 33.1 Å². The van der Waals surface area contributed by atoms with Gasteiger partial charge in [0.2, 0.25) is 11.9 Å². The number of para-hydroxylation sites is 1. The summed E-state index contributed by atoms with van der Waals surface area (Å²) in [4.78, 5) is 61.3. The highest BCUT2D eigenvalue weighted by Crippen LogP contribution is 2.32. The van der Waals surface area contributed by atoms with Gasteiger partial charge < -0.3 is 50.9 Å². The molecule has 19 heteroatoms. The number of hydrogen-bond donors (Lipinski definition) is 6. The molecule has 0 fully saturated rings. The molecular formula is C45H60N12O7. The van der Waals surface area contributed by atoms with Crippen molar-refractivity contribution in [1.29, 1.82) is 0 Å². The molecule has 0 aliphatic rings. The first-order valence-electron chi connectivity index (χ1n) is 21.8. The first-order chi connectivity index (χ1) is 31.0. The Morgan fingerprint density at radius 2 is 1.53 bits per heavy atom. The molecule has 0 atom stereocenters. The number of H-pyrrole nitrogens is 1. The highest BCUT2D eigenvalue weighted by Gasteiger charge is 2.25. The molecule has 19 nitrogen and oxygen atoms in total. The van der Waals surface area contributed by atoms with Gasteiger partial charge in [-0.25, -0.2) is 19.9 Å². The number of carbonyl (C=O) groups excluding carboxylic acids is 2. The lowest BCUT2D eigenvalue weighted by Gasteiger charge is -2.26. The number of nitrogen functional groups attached to an aromatic ring is 2. The molecule has 2 aromatic carbocycles. The quantitative estimate of drug-likeness (QED) is 0.0397. The number of nitrogens with zero attached hydrogens (tertiary/aromatic N) is 6. The molecule has 0 spiro atoms. The van der Waals surface area contributed by atoms with Crippen LogP contribution in [0.15, 0.2) is 59.5 Å². The number of imidazole rings is 1. The number of nitrogens with two attached hydrogens (primary N) is 2. The van der Waals surface area contributed by atoms with Crippen molar-refractivity contribution >= 4 is 62.4 Å². The topological polar surface area (TPSA) is 261 Å². The van der Waals surface area contributed by atoms with Crippen molar-refractivity contribution < 1.29 is 28.5 Å². The number of pyridine rings is 1. The highest BCUT2D eigenvalue weighted by molar-refractivity contribution is 6.06. The van der Waals surface area contributed by atoms with Gasteiger partial charge in [-0.1, -0.05) is 45.4 Å². The number of unbranched alkanes of at least 4 members (excludes halogenated alkanes) is 1. The Kier molecular flexibility index (Phi) is 17.3. The third-order valence-corrected chi connectivity index (χ3v) is 10.2. The number of hydrogen-bond acceptors (Lipinski definition) is 15. The number of anilines is 3. The zero-order chi connectivity index (χ0) is 45.3. The van der Waals surface area contributed by atoms with E-state index in [1.165, 1.54) is 6.20 Å². The summed E-state index contributed by atoms with van der Waals surface area (Å²) in [6.45, 7) is 11.9. The van der Waals surface area contributed by atoms with Crippen LogP contribution in [0.5, 0.6) is 0 Å². The zero-order valence-electron chi connectivity index (χ0n) is 36.9. The van der Waals surface area contributed by atoms with E-state index in [2.05, 4.69) is 72.3 Å². The first kappa shape index (κ1) is 47.2. The van der Waals surface area contributed by atoms with Crippen molar-refractivity contribution in [2.75, 3.05) is 82.7 Å². The molecule has 0 unspecified atom stereocenters. The lowest BCUT2D eigenvalue weighted by Crippen LogP contribution is -2.29. The molecule has 0 aliphatic carbocycles. The Labute approximate surface area is 371 Å². The van der Waals surface area contributed by atoms with Crippen molar-refractivity contribution in [3.05, 3.63) is 82.2 Å². The second kappa shape index (κ2) is 23.4. The molecule has 0 saturated carbocycles. The van der Waals surface area contributed by atoms with Gasteiger partial charge in [-0.3, -0.25) is 19.4 Å². The van der Waals surface area contributed by atoms with E-state index in [0.29, 0.717) is 96.0 Å². The van der Waals surface area contributed by atoms with Gasteiger partial charge in [0.25, 0.3) is 11.5 Å². The van der Waals surface area contributed by atoms with Crippen molar-refractivity contribution in [3.8, 4) is 0 Å². The molecule has 0 radical (unpaired) electrons. The van der Waals surface area contributed by atoms with Gasteiger partial charge in [0.1, 0.15) is 11.3 Å². The third kappa shape index (κ3) is 13.6. The number of amides is 2. The van der Waals surface area contributed by atoms with Gasteiger partial charge >= 0.3 is 0 Å². The average molecular weight is 881 g/mol. The van der Waals surface area contributed by atoms with E-state index in [0.717, 1.165) is 59.3 Å². The Balaban J connectivity index is 0.752. The standard InChI is InChI=1S/C45H60N12O7/c1-4-5-11-35-54-37-39(33-9-6-7-10-34(33)53-40(37)46)57(35)28-45(2,3)29-64-25-24-63-23-22-62-21-20-61-19-18-48-36(58)12-8-17-49-42(59)30-13-15-31(16-14-30)50-26-32-27-51-41-38(52-32)43(60)56-44(47)55-41/h6-7,9-10,13-16,27,50H,4-5,8,11-12,17-26,28-29H2,1-3H3,(H2,46,53)(H,48,58)(H,49,59)(H3,47,51,55,56,60). The molecule has 6 rings (SSSR count). The van der Waals surface area contributed by atoms with Crippen LogP contribution in [0.1, 0.15) is 68.3 Å². The largest absolute Gasteiger partial charge is 0.382 e. The van der Waals surface area contributed by atoms with Crippen LogP contribution in [0.2, 0.25) is 0 Å². The number of nitrogens with one attached hydrogen (secondary N) is 4. The summed E-state index contributed by atoms with van der Waals surface area (Å²) in [5.41, 5.74) is 16.0. The third-order valence-electron chi connectivity index (χ3n) is 10.2. The molecule has 64 heavy (non-hydrogen) atoms. The normalized spacial score (nSPS) is 11.7. The minimum Gasteiger partial charge on any atom is -0.382 e. The average Bonchev–Trinajstić information content (AvgIpc) is 3.64. The Morgan fingerprint density at radius 1 is 0.812 bits per heavy atom. The molecule has 6 aromatic rings. The predicted octanol–water partition coefficient (Wildman–Crippen LogP) is 4.15. The summed E-state index contributed by atoms with van der Waals surface area (Å²) < 4.78 is 25.3. The lowest BCUT2D eigenvalue weighted by molar-refractivity contribution is -0.121. The van der Waals surface area contributed by atoms with Crippen LogP contribution in [-0.4, -0.2) is 112 Å². The summed E-state index contributed by atoms with van der Waals surface area (Å²) in [6, 6.07) is 15.0. The first-order valence-corrected chi connectivity index (χ1v) is 21.8.